The van der Waals surface area contributed by atoms with E-state index in [-0.39, 0.29) is 29.9 Å². The van der Waals surface area contributed by atoms with Crippen LogP contribution in [0, 0.1) is 5.82 Å². The number of piperazine rings is 1. The number of fused-ring (bicyclic) bond motifs is 1. The van der Waals surface area contributed by atoms with Crippen molar-refractivity contribution in [2.24, 2.45) is 0 Å². The van der Waals surface area contributed by atoms with Crippen molar-refractivity contribution in [3.63, 3.8) is 0 Å². The molecule has 5 rings (SSSR count). The van der Waals surface area contributed by atoms with Crippen LogP contribution >= 0.6 is 11.6 Å². The molecule has 9 heteroatoms. The van der Waals surface area contributed by atoms with Crippen molar-refractivity contribution in [2.45, 2.75) is 59.2 Å². The zero-order valence-electron chi connectivity index (χ0n) is 24.2. The summed E-state index contributed by atoms with van der Waals surface area (Å²) in [5, 5.41) is 3.44. The molecule has 3 heterocycles. The van der Waals surface area contributed by atoms with Gasteiger partial charge in [0.25, 0.3) is 5.91 Å². The van der Waals surface area contributed by atoms with E-state index in [2.05, 4.69) is 46.1 Å². The number of hydrogen-bond donors (Lipinski definition) is 1. The highest BCUT2D eigenvalue weighted by atomic mass is 35.5. The van der Waals surface area contributed by atoms with Crippen molar-refractivity contribution < 1.29 is 13.9 Å². The van der Waals surface area contributed by atoms with E-state index in [9.17, 15) is 4.79 Å². The van der Waals surface area contributed by atoms with Crippen LogP contribution in [0.5, 0.6) is 5.75 Å². The number of ether oxygens (including phenoxy) is 1. The Balaban J connectivity index is 1.25. The second-order valence-electron chi connectivity index (χ2n) is 11.4. The lowest BCUT2D eigenvalue weighted by atomic mass is 9.97. The maximum absolute atomic E-state index is 15.4. The molecule has 0 spiro atoms. The molecule has 1 saturated heterocycles. The number of nitrogens with one attached hydrogen (secondary N) is 1. The van der Waals surface area contributed by atoms with Crippen LogP contribution in [0.3, 0.4) is 0 Å². The summed E-state index contributed by atoms with van der Waals surface area (Å²) in [6, 6.07) is 16.9. The standard InChI is InChI=1S/C32H37ClFN5O2/c1-6-27-30(38-19-23(33)8-14-29(38)36-27)31(40)35-18-22-7-13-28(26(34)17-22)37-15-16-39(32(4,5)20-37)24-9-11-25(12-10-24)41-21(2)3/h7-14,17,19,21H,6,15-16,18,20H2,1-5H3,(H,35,40). The molecule has 1 aliphatic rings. The molecule has 0 aliphatic carbocycles. The largest absolute Gasteiger partial charge is 0.491 e. The first-order chi connectivity index (χ1) is 19.6. The molecule has 1 aliphatic heterocycles. The van der Waals surface area contributed by atoms with Crippen molar-refractivity contribution in [3.05, 3.63) is 88.6 Å². The van der Waals surface area contributed by atoms with E-state index >= 15 is 4.39 Å². The number of imidazole rings is 1. The van der Waals surface area contributed by atoms with E-state index in [0.29, 0.717) is 52.8 Å². The number of amides is 1. The number of benzene rings is 2. The van der Waals surface area contributed by atoms with E-state index < -0.39 is 0 Å². The third-order valence-corrected chi connectivity index (χ3v) is 7.66. The number of rotatable bonds is 8. The monoisotopic (exact) mass is 577 g/mol. The highest BCUT2D eigenvalue weighted by Gasteiger charge is 2.34. The topological polar surface area (TPSA) is 62.1 Å². The smallest absolute Gasteiger partial charge is 0.270 e. The first kappa shape index (κ1) is 28.7. The third kappa shape index (κ3) is 6.12. The minimum absolute atomic E-state index is 0.129. The molecule has 0 atom stereocenters. The van der Waals surface area contributed by atoms with Gasteiger partial charge < -0.3 is 19.9 Å². The summed E-state index contributed by atoms with van der Waals surface area (Å²) in [6.07, 6.45) is 2.42. The number of halogens is 2. The molecule has 0 radical (unpaired) electrons. The van der Waals surface area contributed by atoms with Crippen LogP contribution in [0.2, 0.25) is 5.02 Å². The summed E-state index contributed by atoms with van der Waals surface area (Å²) < 4.78 is 22.9. The molecule has 1 amide bonds. The van der Waals surface area contributed by atoms with Crippen LogP contribution in [0.15, 0.2) is 60.8 Å². The molecule has 0 unspecified atom stereocenters. The van der Waals surface area contributed by atoms with Gasteiger partial charge in [-0.25, -0.2) is 9.37 Å². The fraction of sp³-hybridized carbons (Fsp3) is 0.375. The predicted octanol–water partition coefficient (Wildman–Crippen LogP) is 6.51. The molecule has 4 aromatic rings. The summed E-state index contributed by atoms with van der Waals surface area (Å²) in [5.74, 6) is 0.280. The lowest BCUT2D eigenvalue weighted by Gasteiger charge is -2.49. The Hall–Kier alpha value is -3.78. The lowest BCUT2D eigenvalue weighted by Crippen LogP contribution is -2.60. The second kappa shape index (κ2) is 11.6. The van der Waals surface area contributed by atoms with Gasteiger partial charge in [0.15, 0.2) is 0 Å². The number of carbonyl (C=O) groups is 1. The van der Waals surface area contributed by atoms with E-state index in [1.807, 2.05) is 45.0 Å². The molecule has 0 bridgehead atoms. The second-order valence-corrected chi connectivity index (χ2v) is 11.8. The highest BCUT2D eigenvalue weighted by Crippen LogP contribution is 2.33. The van der Waals surface area contributed by atoms with E-state index in [1.54, 1.807) is 22.7 Å². The highest BCUT2D eigenvalue weighted by molar-refractivity contribution is 6.30. The van der Waals surface area contributed by atoms with Crippen LogP contribution in [-0.2, 0) is 13.0 Å². The molecular formula is C32H37ClFN5O2. The van der Waals surface area contributed by atoms with Crippen LogP contribution in [-0.4, -0.2) is 46.6 Å². The minimum atomic E-state index is -0.299. The SMILES string of the molecule is CCc1nc2ccc(Cl)cn2c1C(=O)NCc1ccc(N2CCN(c3ccc(OC(C)C)cc3)C(C)(C)C2)c(F)c1. The fourth-order valence-corrected chi connectivity index (χ4v) is 5.71. The maximum Gasteiger partial charge on any atom is 0.270 e. The molecule has 1 fully saturated rings. The zero-order chi connectivity index (χ0) is 29.3. The number of hydrogen-bond acceptors (Lipinski definition) is 5. The summed E-state index contributed by atoms with van der Waals surface area (Å²) in [4.78, 5) is 22.1. The van der Waals surface area contributed by atoms with Gasteiger partial charge in [-0.1, -0.05) is 24.6 Å². The van der Waals surface area contributed by atoms with Crippen LogP contribution in [0.25, 0.3) is 5.65 Å². The van der Waals surface area contributed by atoms with Gasteiger partial charge in [0.2, 0.25) is 0 Å². The summed E-state index contributed by atoms with van der Waals surface area (Å²) >= 11 is 6.16. The van der Waals surface area contributed by atoms with Crippen LogP contribution in [0.4, 0.5) is 15.8 Å². The molecule has 0 saturated carbocycles. The van der Waals surface area contributed by atoms with Gasteiger partial charge in [-0.2, -0.15) is 0 Å². The van der Waals surface area contributed by atoms with Gasteiger partial charge in [0.1, 0.15) is 22.9 Å². The lowest BCUT2D eigenvalue weighted by molar-refractivity contribution is 0.0944. The Kier molecular flexibility index (Phi) is 8.13. The van der Waals surface area contributed by atoms with Crippen molar-refractivity contribution in [1.82, 2.24) is 14.7 Å². The molecule has 7 nitrogen and oxygen atoms in total. The third-order valence-electron chi connectivity index (χ3n) is 7.43. The average Bonchev–Trinajstić information content (AvgIpc) is 3.29. The Morgan fingerprint density at radius 2 is 1.88 bits per heavy atom. The van der Waals surface area contributed by atoms with Crippen molar-refractivity contribution in [1.29, 1.82) is 0 Å². The Labute approximate surface area is 245 Å². The van der Waals surface area contributed by atoms with Gasteiger partial charge in [0.05, 0.1) is 28.0 Å². The normalized spacial score (nSPS) is 15.0. The van der Waals surface area contributed by atoms with Crippen molar-refractivity contribution in [2.75, 3.05) is 29.4 Å². The van der Waals surface area contributed by atoms with E-state index in [4.69, 9.17) is 16.3 Å². The van der Waals surface area contributed by atoms with Crippen LogP contribution in [0.1, 0.15) is 56.4 Å². The number of anilines is 2. The first-order valence-corrected chi connectivity index (χ1v) is 14.5. The van der Waals surface area contributed by atoms with Gasteiger partial charge in [0, 0.05) is 38.1 Å². The van der Waals surface area contributed by atoms with Gasteiger partial charge in [-0.3, -0.25) is 9.20 Å². The number of aromatic nitrogens is 2. The summed E-state index contributed by atoms with van der Waals surface area (Å²) in [7, 11) is 0. The summed E-state index contributed by atoms with van der Waals surface area (Å²) in [6.45, 7) is 12.7. The fourth-order valence-electron chi connectivity index (χ4n) is 5.55. The van der Waals surface area contributed by atoms with Crippen LogP contribution < -0.4 is 19.9 Å². The average molecular weight is 578 g/mol. The molecule has 41 heavy (non-hydrogen) atoms. The van der Waals surface area contributed by atoms with Gasteiger partial charge >= 0.3 is 0 Å². The van der Waals surface area contributed by atoms with E-state index in [1.165, 1.54) is 6.07 Å². The van der Waals surface area contributed by atoms with Gasteiger partial charge in [-0.15, -0.1) is 0 Å². The van der Waals surface area contributed by atoms with Gasteiger partial charge in [-0.05, 0) is 88.2 Å². The zero-order valence-corrected chi connectivity index (χ0v) is 25.0. The number of nitrogens with zero attached hydrogens (tertiary/aromatic N) is 4. The Morgan fingerprint density at radius 1 is 1.12 bits per heavy atom. The van der Waals surface area contributed by atoms with Crippen molar-refractivity contribution >= 4 is 34.5 Å². The molecule has 216 valence electrons. The molecular weight excluding hydrogens is 541 g/mol. The maximum atomic E-state index is 15.4. The minimum Gasteiger partial charge on any atom is -0.491 e. The quantitative estimate of drug-likeness (QED) is 0.259. The Morgan fingerprint density at radius 3 is 2.54 bits per heavy atom. The number of pyridine rings is 1. The number of aryl methyl sites for hydroxylation is 1. The van der Waals surface area contributed by atoms with E-state index in [0.717, 1.165) is 18.0 Å². The molecule has 1 N–H and O–H groups in total. The number of carbonyl (C=O) groups excluding carboxylic acids is 1. The summed E-state index contributed by atoms with van der Waals surface area (Å²) in [5.41, 5.74) is 3.95. The molecule has 2 aromatic heterocycles. The Bertz CT molecular complexity index is 1550. The van der Waals surface area contributed by atoms with Crippen molar-refractivity contribution in [3.8, 4) is 5.75 Å². The predicted molar refractivity (Wildman–Crippen MR) is 163 cm³/mol. The first-order valence-electron chi connectivity index (χ1n) is 14.1. The molecule has 2 aromatic carbocycles.